The Labute approximate surface area is 200 Å². The molecule has 2 heterocycles. The molecule has 174 valence electrons. The molecule has 0 spiro atoms. The van der Waals surface area contributed by atoms with E-state index in [1.54, 1.807) is 30.3 Å². The molecule has 3 aromatic carbocycles. The second kappa shape index (κ2) is 9.37. The number of benzene rings is 3. The number of ether oxygens (including phenoxy) is 2. The van der Waals surface area contributed by atoms with E-state index in [4.69, 9.17) is 9.47 Å². The number of hydrogen-bond acceptors (Lipinski definition) is 8. The third-order valence-electron chi connectivity index (χ3n) is 5.24. The average molecular weight is 497 g/mol. The van der Waals surface area contributed by atoms with E-state index in [1.165, 1.54) is 6.07 Å². The molecule has 0 unspecified atom stereocenters. The van der Waals surface area contributed by atoms with Crippen LogP contribution in [0.2, 0.25) is 0 Å². The smallest absolute Gasteiger partial charge is 0.243 e. The van der Waals surface area contributed by atoms with Crippen molar-refractivity contribution in [3.8, 4) is 11.5 Å². The van der Waals surface area contributed by atoms with Gasteiger partial charge in [0.2, 0.25) is 15.9 Å². The van der Waals surface area contributed by atoms with E-state index in [0.717, 1.165) is 17.3 Å². The molecule has 11 heteroatoms. The molecule has 9 nitrogen and oxygen atoms in total. The Kier molecular flexibility index (Phi) is 6.14. The van der Waals surface area contributed by atoms with E-state index in [9.17, 15) is 13.2 Å². The predicted octanol–water partition coefficient (Wildman–Crippen LogP) is 2.99. The van der Waals surface area contributed by atoms with Crippen LogP contribution in [0, 0.1) is 0 Å². The number of sulfonamides is 1. The fourth-order valence-electron chi connectivity index (χ4n) is 3.64. The molecule has 1 aromatic heterocycles. The highest BCUT2D eigenvalue weighted by Gasteiger charge is 2.28. The summed E-state index contributed by atoms with van der Waals surface area (Å²) >= 11 is 0.930. The van der Waals surface area contributed by atoms with E-state index in [-0.39, 0.29) is 16.8 Å². The Bertz CT molecular complexity index is 1440. The van der Waals surface area contributed by atoms with Gasteiger partial charge in [-0.25, -0.2) is 8.42 Å². The molecule has 0 saturated heterocycles. The summed E-state index contributed by atoms with van der Waals surface area (Å²) in [5, 5.41) is 2.79. The maximum atomic E-state index is 13.3. The Morgan fingerprint density at radius 1 is 0.971 bits per heavy atom. The van der Waals surface area contributed by atoms with Crippen molar-refractivity contribution < 1.29 is 22.7 Å². The minimum atomic E-state index is -4.08. The van der Waals surface area contributed by atoms with Crippen LogP contribution in [0.25, 0.3) is 11.0 Å². The van der Waals surface area contributed by atoms with Gasteiger partial charge in [0.15, 0.2) is 11.5 Å². The van der Waals surface area contributed by atoms with Crippen LogP contribution in [0.4, 0.5) is 5.69 Å². The fourth-order valence-corrected chi connectivity index (χ4v) is 5.60. The number of nitrogens with zero attached hydrogens (tertiary/aromatic N) is 2. The summed E-state index contributed by atoms with van der Waals surface area (Å²) in [4.78, 5) is 13.2. The van der Waals surface area contributed by atoms with Crippen molar-refractivity contribution in [3.63, 3.8) is 0 Å². The molecule has 5 rings (SSSR count). The number of anilines is 1. The first-order valence-corrected chi connectivity index (χ1v) is 12.7. The number of amides is 1. The summed E-state index contributed by atoms with van der Waals surface area (Å²) in [7, 11) is -4.08. The molecule has 4 aromatic rings. The number of carbonyl (C=O) groups is 1. The summed E-state index contributed by atoms with van der Waals surface area (Å²) < 4.78 is 48.5. The van der Waals surface area contributed by atoms with Crippen molar-refractivity contribution in [2.24, 2.45) is 0 Å². The quantitative estimate of drug-likeness (QED) is 0.404. The van der Waals surface area contributed by atoms with Gasteiger partial charge in [-0.05, 0) is 36.2 Å². The first-order chi connectivity index (χ1) is 16.5. The first kappa shape index (κ1) is 22.3. The largest absolute Gasteiger partial charge is 0.486 e. The van der Waals surface area contributed by atoms with Gasteiger partial charge in [-0.2, -0.15) is 13.5 Å². The predicted molar refractivity (Wildman–Crippen MR) is 128 cm³/mol. The molecule has 0 aliphatic carbocycles. The van der Waals surface area contributed by atoms with Crippen molar-refractivity contribution >= 4 is 44.4 Å². The van der Waals surface area contributed by atoms with Crippen LogP contribution in [0.1, 0.15) is 5.56 Å². The van der Waals surface area contributed by atoms with E-state index in [1.807, 2.05) is 30.3 Å². The monoisotopic (exact) mass is 496 g/mol. The lowest BCUT2D eigenvalue weighted by Crippen LogP contribution is -2.45. The summed E-state index contributed by atoms with van der Waals surface area (Å²) in [6.07, 6.45) is 0.155. The first-order valence-electron chi connectivity index (χ1n) is 10.5. The Balaban J connectivity index is 1.43. The zero-order valence-corrected chi connectivity index (χ0v) is 19.4. The van der Waals surface area contributed by atoms with Crippen molar-refractivity contribution in [3.05, 3.63) is 72.3 Å². The van der Waals surface area contributed by atoms with Crippen LogP contribution in [0.3, 0.4) is 0 Å². The number of nitrogens with one attached hydrogen (secondary N) is 2. The lowest BCUT2D eigenvalue weighted by Gasteiger charge is -2.21. The summed E-state index contributed by atoms with van der Waals surface area (Å²) in [5.41, 5.74) is 2.03. The molecular formula is C23H20N4O5S2. The van der Waals surface area contributed by atoms with Gasteiger partial charge >= 0.3 is 0 Å². The van der Waals surface area contributed by atoms with Crippen molar-refractivity contribution in [1.82, 2.24) is 13.5 Å². The Morgan fingerprint density at radius 3 is 2.59 bits per heavy atom. The third kappa shape index (κ3) is 4.72. The van der Waals surface area contributed by atoms with Gasteiger partial charge in [0.1, 0.15) is 35.2 Å². The number of fused-ring (bicyclic) bond motifs is 2. The molecule has 1 aliphatic rings. The van der Waals surface area contributed by atoms with Crippen LogP contribution < -0.4 is 19.5 Å². The SMILES string of the molecule is O=C(Nc1ccc2c(c1)OCCO2)[C@H](Cc1ccccc1)NS(=O)(=O)c1cccc2nsnc12. The molecule has 34 heavy (non-hydrogen) atoms. The molecule has 1 atom stereocenters. The van der Waals surface area contributed by atoms with Crippen LogP contribution >= 0.6 is 11.7 Å². The molecule has 0 bridgehead atoms. The van der Waals surface area contributed by atoms with E-state index in [0.29, 0.717) is 35.9 Å². The molecule has 0 radical (unpaired) electrons. The van der Waals surface area contributed by atoms with E-state index in [2.05, 4.69) is 18.8 Å². The zero-order valence-electron chi connectivity index (χ0n) is 17.8. The van der Waals surface area contributed by atoms with Gasteiger partial charge in [0, 0.05) is 11.8 Å². The van der Waals surface area contributed by atoms with Gasteiger partial charge in [-0.15, -0.1) is 0 Å². The zero-order chi connectivity index (χ0) is 23.5. The maximum Gasteiger partial charge on any atom is 0.243 e. The van der Waals surface area contributed by atoms with Crippen molar-refractivity contribution in [2.75, 3.05) is 18.5 Å². The highest BCUT2D eigenvalue weighted by Crippen LogP contribution is 2.32. The number of carbonyl (C=O) groups excluding carboxylic acids is 1. The molecular weight excluding hydrogens is 476 g/mol. The molecule has 2 N–H and O–H groups in total. The summed E-state index contributed by atoms with van der Waals surface area (Å²) in [6, 6.07) is 17.9. The standard InChI is InChI=1S/C23H20N4O5S2/c28-23(24-16-9-10-19-20(14-16)32-12-11-31-19)18(13-15-5-2-1-3-6-15)27-34(29,30)21-8-4-7-17-22(21)26-33-25-17/h1-10,14,18,27H,11-13H2,(H,24,28)/t18-/m0/s1. The minimum Gasteiger partial charge on any atom is -0.486 e. The number of hydrogen-bond donors (Lipinski definition) is 2. The number of aromatic nitrogens is 2. The van der Waals surface area contributed by atoms with Crippen LogP contribution in [-0.4, -0.2) is 42.3 Å². The van der Waals surface area contributed by atoms with Crippen LogP contribution in [0.5, 0.6) is 11.5 Å². The van der Waals surface area contributed by atoms with Gasteiger partial charge in [-0.3, -0.25) is 4.79 Å². The number of rotatable bonds is 7. The highest BCUT2D eigenvalue weighted by atomic mass is 32.2. The fraction of sp³-hybridized carbons (Fsp3) is 0.174. The van der Waals surface area contributed by atoms with E-state index < -0.39 is 22.0 Å². The topological polar surface area (TPSA) is 120 Å². The normalized spacial score (nSPS) is 14.0. The third-order valence-corrected chi connectivity index (χ3v) is 7.29. The van der Waals surface area contributed by atoms with Crippen molar-refractivity contribution in [2.45, 2.75) is 17.4 Å². The van der Waals surface area contributed by atoms with Gasteiger partial charge in [0.05, 0.1) is 11.7 Å². The van der Waals surface area contributed by atoms with Crippen molar-refractivity contribution in [1.29, 1.82) is 0 Å². The maximum absolute atomic E-state index is 13.3. The Hall–Kier alpha value is -3.54. The molecule has 0 fully saturated rings. The van der Waals surface area contributed by atoms with E-state index >= 15 is 0 Å². The van der Waals surface area contributed by atoms with Gasteiger partial charge < -0.3 is 14.8 Å². The summed E-state index contributed by atoms with van der Waals surface area (Å²) in [5.74, 6) is 0.607. The van der Waals surface area contributed by atoms with Gasteiger partial charge in [0.25, 0.3) is 0 Å². The summed E-state index contributed by atoms with van der Waals surface area (Å²) in [6.45, 7) is 0.874. The highest BCUT2D eigenvalue weighted by molar-refractivity contribution is 7.89. The van der Waals surface area contributed by atoms with Gasteiger partial charge in [-0.1, -0.05) is 36.4 Å². The second-order valence-corrected chi connectivity index (χ2v) is 9.81. The molecule has 1 amide bonds. The van der Waals surface area contributed by atoms with Crippen LogP contribution in [0.15, 0.2) is 71.6 Å². The lowest BCUT2D eigenvalue weighted by molar-refractivity contribution is -0.117. The minimum absolute atomic E-state index is 0.0241. The second-order valence-electron chi connectivity index (χ2n) is 7.60. The Morgan fingerprint density at radius 2 is 1.76 bits per heavy atom. The average Bonchev–Trinajstić information content (AvgIpc) is 3.33. The molecule has 0 saturated carbocycles. The van der Waals surface area contributed by atoms with Crippen LogP contribution in [-0.2, 0) is 21.2 Å². The lowest BCUT2D eigenvalue weighted by atomic mass is 10.1. The molecule has 1 aliphatic heterocycles.